The maximum absolute atomic E-state index is 13.6. The van der Waals surface area contributed by atoms with Crippen molar-refractivity contribution in [2.45, 2.75) is 31.2 Å². The lowest BCUT2D eigenvalue weighted by Gasteiger charge is -2.25. The van der Waals surface area contributed by atoms with Crippen molar-refractivity contribution in [2.24, 2.45) is 0 Å². The average Bonchev–Trinajstić information content (AvgIpc) is 3.00. The quantitative estimate of drug-likeness (QED) is 0.424. The number of nitrogens with zero attached hydrogens (tertiary/aromatic N) is 1. The van der Waals surface area contributed by atoms with Crippen LogP contribution < -0.4 is 5.43 Å². The fourth-order valence-electron chi connectivity index (χ4n) is 4.26. The molecule has 0 saturated heterocycles. The Balaban J connectivity index is 1.93. The van der Waals surface area contributed by atoms with Gasteiger partial charge >= 0.3 is 0 Å². The first-order chi connectivity index (χ1) is 14.5. The highest BCUT2D eigenvalue weighted by molar-refractivity contribution is 7.98. The highest BCUT2D eigenvalue weighted by Crippen LogP contribution is 2.39. The number of thioether (sulfide) groups is 1. The molecule has 0 saturated carbocycles. The summed E-state index contributed by atoms with van der Waals surface area (Å²) in [6, 6.07) is 11.4. The second-order valence-corrected chi connectivity index (χ2v) is 8.53. The minimum absolute atomic E-state index is 0.120. The third-order valence-electron chi connectivity index (χ3n) is 5.59. The minimum atomic E-state index is -0.457. The van der Waals surface area contributed by atoms with Crippen LogP contribution in [0.15, 0.2) is 50.5 Å². The van der Waals surface area contributed by atoms with E-state index in [0.717, 1.165) is 21.6 Å². The standard InChI is InChI=1S/C24H25NO4S/c1-14-12-15(2)19-18(13-14)29-23-20(22(19)26)21(16-6-8-17(30-4)9-7-16)25(24(23)27)10-5-11-28-3/h6-9,12-13,21H,5,10-11H2,1-4H3. The Morgan fingerprint density at radius 1 is 1.13 bits per heavy atom. The first-order valence-electron chi connectivity index (χ1n) is 9.98. The van der Waals surface area contributed by atoms with E-state index in [1.807, 2.05) is 56.5 Å². The largest absolute Gasteiger partial charge is 0.450 e. The van der Waals surface area contributed by atoms with E-state index in [-0.39, 0.29) is 17.1 Å². The summed E-state index contributed by atoms with van der Waals surface area (Å²) >= 11 is 1.65. The van der Waals surface area contributed by atoms with Gasteiger partial charge in [0.15, 0.2) is 5.43 Å². The van der Waals surface area contributed by atoms with Crippen LogP contribution in [0.25, 0.3) is 11.0 Å². The van der Waals surface area contributed by atoms with Gasteiger partial charge in [-0.05, 0) is 61.4 Å². The van der Waals surface area contributed by atoms with Gasteiger partial charge in [0.1, 0.15) is 5.58 Å². The van der Waals surface area contributed by atoms with E-state index in [4.69, 9.17) is 9.15 Å². The highest BCUT2D eigenvalue weighted by atomic mass is 32.2. The van der Waals surface area contributed by atoms with Gasteiger partial charge in [-0.25, -0.2) is 0 Å². The molecule has 5 nitrogen and oxygen atoms in total. The number of aryl methyl sites for hydroxylation is 2. The van der Waals surface area contributed by atoms with Gasteiger partial charge in [-0.2, -0.15) is 0 Å². The minimum Gasteiger partial charge on any atom is -0.450 e. The molecule has 0 aliphatic carbocycles. The first kappa shape index (κ1) is 20.7. The third kappa shape index (κ3) is 3.44. The Morgan fingerprint density at radius 3 is 2.53 bits per heavy atom. The van der Waals surface area contributed by atoms with E-state index >= 15 is 0 Å². The van der Waals surface area contributed by atoms with E-state index in [2.05, 4.69) is 0 Å². The molecule has 4 rings (SSSR count). The molecule has 3 aromatic rings. The summed E-state index contributed by atoms with van der Waals surface area (Å²) in [5, 5.41) is 0.552. The van der Waals surface area contributed by atoms with Crippen LogP contribution >= 0.6 is 11.8 Å². The zero-order chi connectivity index (χ0) is 21.4. The van der Waals surface area contributed by atoms with Crippen molar-refractivity contribution in [1.29, 1.82) is 0 Å². The fourth-order valence-corrected chi connectivity index (χ4v) is 4.66. The Morgan fingerprint density at radius 2 is 1.87 bits per heavy atom. The number of ether oxygens (including phenoxy) is 1. The summed E-state index contributed by atoms with van der Waals surface area (Å²) < 4.78 is 11.2. The molecule has 30 heavy (non-hydrogen) atoms. The van der Waals surface area contributed by atoms with Gasteiger partial charge in [-0.1, -0.05) is 18.2 Å². The van der Waals surface area contributed by atoms with Crippen LogP contribution in [0.2, 0.25) is 0 Å². The number of rotatable bonds is 6. The molecule has 0 spiro atoms. The number of hydrogen-bond donors (Lipinski definition) is 0. The van der Waals surface area contributed by atoms with Crippen molar-refractivity contribution in [1.82, 2.24) is 4.90 Å². The number of fused-ring (bicyclic) bond motifs is 2. The number of hydrogen-bond acceptors (Lipinski definition) is 5. The topological polar surface area (TPSA) is 59.8 Å². The molecule has 156 valence electrons. The van der Waals surface area contributed by atoms with E-state index in [1.54, 1.807) is 23.8 Å². The molecular weight excluding hydrogens is 398 g/mol. The first-order valence-corrected chi connectivity index (χ1v) is 11.2. The van der Waals surface area contributed by atoms with Gasteiger partial charge in [0.05, 0.1) is 17.0 Å². The van der Waals surface area contributed by atoms with Crippen molar-refractivity contribution in [2.75, 3.05) is 26.5 Å². The van der Waals surface area contributed by atoms with Crippen LogP contribution in [-0.2, 0) is 4.74 Å². The van der Waals surface area contributed by atoms with Gasteiger partial charge in [0, 0.05) is 25.2 Å². The predicted molar refractivity (Wildman–Crippen MR) is 120 cm³/mol. The normalized spacial score (nSPS) is 15.8. The summed E-state index contributed by atoms with van der Waals surface area (Å²) in [6.45, 7) is 4.89. The Bertz CT molecular complexity index is 1170. The van der Waals surface area contributed by atoms with Crippen LogP contribution in [0.3, 0.4) is 0 Å². The van der Waals surface area contributed by atoms with Gasteiger partial charge in [0.25, 0.3) is 5.91 Å². The van der Waals surface area contributed by atoms with Crippen molar-refractivity contribution in [3.8, 4) is 0 Å². The number of benzene rings is 2. The van der Waals surface area contributed by atoms with Crippen LogP contribution in [0.5, 0.6) is 0 Å². The summed E-state index contributed by atoms with van der Waals surface area (Å²) in [7, 11) is 1.64. The second-order valence-electron chi connectivity index (χ2n) is 7.65. The van der Waals surface area contributed by atoms with Crippen LogP contribution in [0, 0.1) is 13.8 Å². The van der Waals surface area contributed by atoms with Crippen molar-refractivity contribution in [3.05, 3.63) is 74.6 Å². The van der Waals surface area contributed by atoms with E-state index in [1.165, 1.54) is 0 Å². The van der Waals surface area contributed by atoms with Gasteiger partial charge < -0.3 is 14.1 Å². The molecule has 2 aromatic carbocycles. The number of carbonyl (C=O) groups is 1. The van der Waals surface area contributed by atoms with E-state index in [0.29, 0.717) is 36.1 Å². The molecule has 0 fully saturated rings. The van der Waals surface area contributed by atoms with E-state index in [9.17, 15) is 9.59 Å². The fraction of sp³-hybridized carbons (Fsp3) is 0.333. The van der Waals surface area contributed by atoms with Gasteiger partial charge in [-0.3, -0.25) is 9.59 Å². The zero-order valence-electron chi connectivity index (χ0n) is 17.7. The molecule has 1 aliphatic rings. The van der Waals surface area contributed by atoms with Gasteiger partial charge in [0.2, 0.25) is 5.76 Å². The molecule has 1 aromatic heterocycles. The molecule has 1 atom stereocenters. The molecule has 1 unspecified atom stereocenters. The van der Waals surface area contributed by atoms with Crippen LogP contribution in [0.4, 0.5) is 0 Å². The number of amides is 1. The average molecular weight is 424 g/mol. The molecule has 0 N–H and O–H groups in total. The highest BCUT2D eigenvalue weighted by Gasteiger charge is 2.42. The van der Waals surface area contributed by atoms with Crippen LogP contribution in [0.1, 0.15) is 45.3 Å². The summed E-state index contributed by atoms with van der Waals surface area (Å²) in [5.74, 6) is -0.0768. The molecular formula is C24H25NO4S. The summed E-state index contributed by atoms with van der Waals surface area (Å²) in [5.41, 5.74) is 3.56. The summed E-state index contributed by atoms with van der Waals surface area (Å²) in [6.07, 6.45) is 2.70. The monoisotopic (exact) mass is 423 g/mol. The molecule has 2 heterocycles. The Kier molecular flexibility index (Phi) is 5.71. The zero-order valence-corrected chi connectivity index (χ0v) is 18.5. The maximum atomic E-state index is 13.6. The second kappa shape index (κ2) is 8.28. The maximum Gasteiger partial charge on any atom is 0.290 e. The van der Waals surface area contributed by atoms with Crippen molar-refractivity contribution in [3.63, 3.8) is 0 Å². The Labute approximate surface area is 180 Å². The Hall–Kier alpha value is -2.57. The van der Waals surface area contributed by atoms with E-state index < -0.39 is 6.04 Å². The predicted octanol–water partition coefficient (Wildman–Crippen LogP) is 4.71. The SMILES string of the molecule is COCCCN1C(=O)c2oc3cc(C)cc(C)c3c(=O)c2C1c1ccc(SC)cc1. The lowest BCUT2D eigenvalue weighted by Crippen LogP contribution is -2.31. The summed E-state index contributed by atoms with van der Waals surface area (Å²) in [4.78, 5) is 29.8. The molecule has 1 amide bonds. The van der Waals surface area contributed by atoms with Crippen LogP contribution in [-0.4, -0.2) is 37.3 Å². The number of methoxy groups -OCH3 is 1. The molecule has 6 heteroatoms. The lowest BCUT2D eigenvalue weighted by molar-refractivity contribution is 0.0708. The third-order valence-corrected chi connectivity index (χ3v) is 6.33. The van der Waals surface area contributed by atoms with Crippen molar-refractivity contribution < 1.29 is 13.9 Å². The van der Waals surface area contributed by atoms with Gasteiger partial charge in [-0.15, -0.1) is 11.8 Å². The molecule has 0 radical (unpaired) electrons. The lowest BCUT2D eigenvalue weighted by atomic mass is 9.97. The smallest absolute Gasteiger partial charge is 0.290 e. The molecule has 1 aliphatic heterocycles. The van der Waals surface area contributed by atoms with Crippen molar-refractivity contribution >= 4 is 28.6 Å². The number of carbonyl (C=O) groups excluding carboxylic acids is 1. The molecule has 0 bridgehead atoms.